The van der Waals surface area contributed by atoms with Gasteiger partial charge in [0.05, 0.1) is 0 Å². The largest absolute Gasteiger partial charge is 0.443 e. The molecule has 0 radical (unpaired) electrons. The summed E-state index contributed by atoms with van der Waals surface area (Å²) < 4.78 is 11.0. The first kappa shape index (κ1) is 17.7. The van der Waals surface area contributed by atoms with Gasteiger partial charge in [0.1, 0.15) is 11.2 Å². The minimum absolute atomic E-state index is 0.281. The van der Waals surface area contributed by atoms with Gasteiger partial charge >= 0.3 is 18.2 Å². The van der Waals surface area contributed by atoms with E-state index in [4.69, 9.17) is 9.47 Å². The molecule has 0 aromatic carbocycles. The van der Waals surface area contributed by atoms with Crippen molar-refractivity contribution < 1.29 is 23.9 Å². The molecule has 8 nitrogen and oxygen atoms in total. The summed E-state index contributed by atoms with van der Waals surface area (Å²) in [4.78, 5) is 36.9. The SMILES string of the molecule is CC(C)(C)OC(=O)N(C(=O)OC(C)(C)C)C(=O)n1cccn1. The Kier molecular flexibility index (Phi) is 4.95. The highest BCUT2D eigenvalue weighted by atomic mass is 16.6. The quantitative estimate of drug-likeness (QED) is 0.731. The predicted octanol–water partition coefficient (Wildman–Crippen LogP) is 3.02. The second kappa shape index (κ2) is 6.17. The molecule has 1 heterocycles. The van der Waals surface area contributed by atoms with Gasteiger partial charge in [-0.1, -0.05) is 0 Å². The molecule has 0 bridgehead atoms. The standard InChI is InChI=1S/C14H21N3O5/c1-13(2,3)21-11(19)17(12(20)22-14(4,5)6)10(18)16-9-7-8-15-16/h7-9H,1-6H3. The van der Waals surface area contributed by atoms with Crippen molar-refractivity contribution in [3.63, 3.8) is 0 Å². The van der Waals surface area contributed by atoms with Gasteiger partial charge < -0.3 is 9.47 Å². The van der Waals surface area contributed by atoms with Crippen molar-refractivity contribution in [2.24, 2.45) is 0 Å². The van der Waals surface area contributed by atoms with E-state index in [1.165, 1.54) is 18.5 Å². The molecule has 0 saturated carbocycles. The van der Waals surface area contributed by atoms with Crippen LogP contribution in [0.2, 0.25) is 0 Å². The summed E-state index contributed by atoms with van der Waals surface area (Å²) in [7, 11) is 0. The van der Waals surface area contributed by atoms with Crippen molar-refractivity contribution in [2.45, 2.75) is 52.7 Å². The van der Waals surface area contributed by atoms with Crippen LogP contribution in [0.25, 0.3) is 0 Å². The molecular formula is C14H21N3O5. The Morgan fingerprint density at radius 1 is 0.955 bits per heavy atom. The number of nitrogens with zero attached hydrogens (tertiary/aromatic N) is 3. The molecule has 0 fully saturated rings. The van der Waals surface area contributed by atoms with E-state index in [1.807, 2.05) is 0 Å². The molecule has 1 aromatic rings. The van der Waals surface area contributed by atoms with E-state index in [0.717, 1.165) is 4.68 Å². The minimum Gasteiger partial charge on any atom is -0.443 e. The third kappa shape index (κ3) is 5.19. The Balaban J connectivity index is 3.07. The molecule has 0 unspecified atom stereocenters. The summed E-state index contributed by atoms with van der Waals surface area (Å²) in [5, 5.41) is 3.70. The van der Waals surface area contributed by atoms with Crippen molar-refractivity contribution in [3.8, 4) is 0 Å². The maximum atomic E-state index is 12.3. The Labute approximate surface area is 129 Å². The average molecular weight is 311 g/mol. The van der Waals surface area contributed by atoms with Gasteiger partial charge in [0.25, 0.3) is 0 Å². The molecule has 22 heavy (non-hydrogen) atoms. The van der Waals surface area contributed by atoms with Crippen LogP contribution < -0.4 is 0 Å². The summed E-state index contributed by atoms with van der Waals surface area (Å²) in [5.74, 6) is 0. The highest BCUT2D eigenvalue weighted by molar-refractivity contribution is 6.06. The van der Waals surface area contributed by atoms with Crippen LogP contribution in [-0.2, 0) is 9.47 Å². The third-order valence-electron chi connectivity index (χ3n) is 2.04. The number of imide groups is 3. The number of aromatic nitrogens is 2. The fraction of sp³-hybridized carbons (Fsp3) is 0.571. The number of hydrogen-bond acceptors (Lipinski definition) is 6. The first-order valence-electron chi connectivity index (χ1n) is 6.71. The summed E-state index contributed by atoms with van der Waals surface area (Å²) in [5.41, 5.74) is -1.75. The lowest BCUT2D eigenvalue weighted by molar-refractivity contribution is 0.00963. The van der Waals surface area contributed by atoms with Gasteiger partial charge in [-0.25, -0.2) is 14.4 Å². The Bertz CT molecular complexity index is 524. The summed E-state index contributed by atoms with van der Waals surface area (Å²) in [6.07, 6.45) is 0.411. The average Bonchev–Trinajstić information content (AvgIpc) is 2.76. The number of hydrogen-bond donors (Lipinski definition) is 0. The predicted molar refractivity (Wildman–Crippen MR) is 77.3 cm³/mol. The molecule has 0 atom stereocenters. The number of ether oxygens (including phenoxy) is 2. The van der Waals surface area contributed by atoms with Crippen molar-refractivity contribution in [3.05, 3.63) is 18.5 Å². The first-order valence-corrected chi connectivity index (χ1v) is 6.71. The number of amides is 3. The van der Waals surface area contributed by atoms with E-state index in [9.17, 15) is 14.4 Å². The van der Waals surface area contributed by atoms with Gasteiger partial charge in [-0.05, 0) is 47.6 Å². The van der Waals surface area contributed by atoms with Crippen molar-refractivity contribution in [1.82, 2.24) is 14.7 Å². The zero-order valence-electron chi connectivity index (χ0n) is 13.6. The van der Waals surface area contributed by atoms with Crippen LogP contribution in [0.1, 0.15) is 41.5 Å². The van der Waals surface area contributed by atoms with Crippen LogP contribution in [0.4, 0.5) is 14.4 Å². The van der Waals surface area contributed by atoms with E-state index in [-0.39, 0.29) is 4.90 Å². The molecule has 8 heteroatoms. The lowest BCUT2D eigenvalue weighted by atomic mass is 10.2. The highest BCUT2D eigenvalue weighted by Gasteiger charge is 2.37. The lowest BCUT2D eigenvalue weighted by Crippen LogP contribution is -2.48. The molecule has 1 rings (SSSR count). The van der Waals surface area contributed by atoms with E-state index in [1.54, 1.807) is 41.5 Å². The normalized spacial score (nSPS) is 11.7. The van der Waals surface area contributed by atoms with Gasteiger partial charge in [0, 0.05) is 12.4 Å². The Hall–Kier alpha value is -2.38. The van der Waals surface area contributed by atoms with E-state index < -0.39 is 29.4 Å². The van der Waals surface area contributed by atoms with Crippen LogP contribution in [0.15, 0.2) is 18.5 Å². The van der Waals surface area contributed by atoms with Crippen LogP contribution in [0.3, 0.4) is 0 Å². The molecule has 0 N–H and O–H groups in total. The molecule has 122 valence electrons. The smallest absolute Gasteiger partial charge is 0.428 e. The summed E-state index contributed by atoms with van der Waals surface area (Å²) in [6.45, 7) is 9.73. The zero-order valence-corrected chi connectivity index (χ0v) is 13.6. The zero-order chi connectivity index (χ0) is 17.1. The fourth-order valence-electron chi connectivity index (χ4n) is 1.33. The topological polar surface area (TPSA) is 90.7 Å². The minimum atomic E-state index is -1.12. The molecular weight excluding hydrogens is 290 g/mol. The van der Waals surface area contributed by atoms with Gasteiger partial charge in [0.2, 0.25) is 0 Å². The number of carbonyl (C=O) groups is 3. The van der Waals surface area contributed by atoms with Crippen molar-refractivity contribution in [1.29, 1.82) is 0 Å². The fourth-order valence-corrected chi connectivity index (χ4v) is 1.33. The van der Waals surface area contributed by atoms with Crippen LogP contribution in [0, 0.1) is 0 Å². The van der Waals surface area contributed by atoms with Crippen molar-refractivity contribution >= 4 is 18.2 Å². The highest BCUT2D eigenvalue weighted by Crippen LogP contribution is 2.15. The molecule has 0 aliphatic heterocycles. The molecule has 0 saturated heterocycles. The molecule has 0 aliphatic carbocycles. The second-order valence-electron chi connectivity index (χ2n) is 6.53. The van der Waals surface area contributed by atoms with Gasteiger partial charge in [-0.15, -0.1) is 4.90 Å². The molecule has 1 aromatic heterocycles. The maximum Gasteiger partial charge on any atom is 0.428 e. The molecule has 0 aliphatic rings. The summed E-state index contributed by atoms with van der Waals surface area (Å²) in [6, 6.07) is 0.508. The van der Waals surface area contributed by atoms with Gasteiger partial charge in [0.15, 0.2) is 0 Å². The van der Waals surface area contributed by atoms with Gasteiger partial charge in [-0.3, -0.25) is 0 Å². The lowest BCUT2D eigenvalue weighted by Gasteiger charge is -2.27. The Morgan fingerprint density at radius 3 is 1.73 bits per heavy atom. The van der Waals surface area contributed by atoms with Crippen molar-refractivity contribution in [2.75, 3.05) is 0 Å². The van der Waals surface area contributed by atoms with E-state index in [0.29, 0.717) is 0 Å². The number of carbonyl (C=O) groups excluding carboxylic acids is 3. The molecule has 0 spiro atoms. The Morgan fingerprint density at radius 2 is 1.41 bits per heavy atom. The number of rotatable bonds is 0. The summed E-state index contributed by atoms with van der Waals surface area (Å²) >= 11 is 0. The second-order valence-corrected chi connectivity index (χ2v) is 6.53. The third-order valence-corrected chi connectivity index (χ3v) is 2.04. The maximum absolute atomic E-state index is 12.3. The first-order chi connectivity index (χ1) is 9.91. The van der Waals surface area contributed by atoms with Crippen LogP contribution in [0.5, 0.6) is 0 Å². The van der Waals surface area contributed by atoms with Gasteiger partial charge in [-0.2, -0.15) is 9.78 Å². The van der Waals surface area contributed by atoms with E-state index in [2.05, 4.69) is 5.10 Å². The monoisotopic (exact) mass is 311 g/mol. The molecule has 3 amide bonds. The van der Waals surface area contributed by atoms with Crippen LogP contribution in [-0.4, -0.2) is 44.1 Å². The van der Waals surface area contributed by atoms with Crippen LogP contribution >= 0.6 is 0 Å². The van der Waals surface area contributed by atoms with E-state index >= 15 is 0 Å².